The molecule has 4 nitrogen and oxygen atoms in total. The van der Waals surface area contributed by atoms with E-state index in [0.29, 0.717) is 11.1 Å². The minimum Gasteiger partial charge on any atom is -0.356 e. The lowest BCUT2D eigenvalue weighted by molar-refractivity contribution is 0.421. The van der Waals surface area contributed by atoms with Crippen LogP contribution in [0.4, 0.5) is 5.82 Å². The molecule has 0 radical (unpaired) electrons. The standard InChI is InChI=1S/C10H15ClN4.ClH/c11-9-4-10(14-7-13-9)15-3-1-2-8(5-12)6-15;/h4,7-8H,1-3,5-6,12H2;1H. The number of piperidine rings is 1. The van der Waals surface area contributed by atoms with Crippen molar-refractivity contribution in [3.8, 4) is 0 Å². The van der Waals surface area contributed by atoms with Crippen molar-refractivity contribution in [3.63, 3.8) is 0 Å². The number of hydrogen-bond donors (Lipinski definition) is 1. The third-order valence-electron chi connectivity index (χ3n) is 2.80. The van der Waals surface area contributed by atoms with Crippen molar-refractivity contribution in [1.82, 2.24) is 9.97 Å². The maximum atomic E-state index is 5.83. The molecule has 0 bridgehead atoms. The van der Waals surface area contributed by atoms with E-state index in [0.717, 1.165) is 25.5 Å². The van der Waals surface area contributed by atoms with Gasteiger partial charge in [-0.1, -0.05) is 11.6 Å². The van der Waals surface area contributed by atoms with Crippen molar-refractivity contribution in [2.24, 2.45) is 11.7 Å². The summed E-state index contributed by atoms with van der Waals surface area (Å²) in [6, 6.07) is 1.81. The van der Waals surface area contributed by atoms with Gasteiger partial charge in [-0.25, -0.2) is 9.97 Å². The fourth-order valence-corrected chi connectivity index (χ4v) is 2.10. The van der Waals surface area contributed by atoms with Gasteiger partial charge in [-0.2, -0.15) is 0 Å². The molecule has 90 valence electrons. The Hall–Kier alpha value is -0.580. The Morgan fingerprint density at radius 2 is 2.31 bits per heavy atom. The first-order chi connectivity index (χ1) is 7.29. The van der Waals surface area contributed by atoms with Crippen LogP contribution in [0.5, 0.6) is 0 Å². The molecular formula is C10H16Cl2N4. The quantitative estimate of drug-likeness (QED) is 0.825. The molecule has 2 N–H and O–H groups in total. The van der Waals surface area contributed by atoms with E-state index in [4.69, 9.17) is 17.3 Å². The van der Waals surface area contributed by atoms with Gasteiger partial charge in [-0.05, 0) is 25.3 Å². The van der Waals surface area contributed by atoms with Gasteiger partial charge in [0.1, 0.15) is 17.3 Å². The zero-order chi connectivity index (χ0) is 10.7. The molecule has 1 fully saturated rings. The number of anilines is 1. The van der Waals surface area contributed by atoms with E-state index in [1.807, 2.05) is 0 Å². The summed E-state index contributed by atoms with van der Waals surface area (Å²) in [7, 11) is 0. The highest BCUT2D eigenvalue weighted by molar-refractivity contribution is 6.29. The van der Waals surface area contributed by atoms with Gasteiger partial charge in [0.05, 0.1) is 0 Å². The molecule has 1 aromatic heterocycles. The summed E-state index contributed by atoms with van der Waals surface area (Å²) >= 11 is 5.83. The van der Waals surface area contributed by atoms with Crippen LogP contribution in [0, 0.1) is 5.92 Å². The number of halogens is 2. The maximum Gasteiger partial charge on any atom is 0.134 e. The number of hydrogen-bond acceptors (Lipinski definition) is 4. The first-order valence-corrected chi connectivity index (χ1v) is 5.60. The minimum atomic E-state index is 0. The monoisotopic (exact) mass is 262 g/mol. The second-order valence-corrected chi connectivity index (χ2v) is 4.28. The molecule has 1 aliphatic heterocycles. The molecule has 16 heavy (non-hydrogen) atoms. The average Bonchev–Trinajstić information content (AvgIpc) is 2.29. The normalized spacial score (nSPS) is 20.4. The number of rotatable bonds is 2. The fraction of sp³-hybridized carbons (Fsp3) is 0.600. The predicted molar refractivity (Wildman–Crippen MR) is 68.3 cm³/mol. The van der Waals surface area contributed by atoms with E-state index in [-0.39, 0.29) is 12.4 Å². The van der Waals surface area contributed by atoms with Gasteiger partial charge in [0, 0.05) is 19.2 Å². The fourth-order valence-electron chi connectivity index (χ4n) is 1.96. The molecule has 1 aliphatic rings. The topological polar surface area (TPSA) is 55.0 Å². The van der Waals surface area contributed by atoms with Crippen LogP contribution in [0.15, 0.2) is 12.4 Å². The second kappa shape index (κ2) is 6.23. The maximum absolute atomic E-state index is 5.83. The smallest absolute Gasteiger partial charge is 0.134 e. The Kier molecular flexibility index (Phi) is 5.25. The van der Waals surface area contributed by atoms with Crippen molar-refractivity contribution >= 4 is 29.8 Å². The van der Waals surface area contributed by atoms with E-state index in [1.54, 1.807) is 6.07 Å². The Morgan fingerprint density at radius 1 is 1.50 bits per heavy atom. The van der Waals surface area contributed by atoms with Gasteiger partial charge in [0.15, 0.2) is 0 Å². The highest BCUT2D eigenvalue weighted by Gasteiger charge is 2.19. The van der Waals surface area contributed by atoms with E-state index in [1.165, 1.54) is 19.2 Å². The minimum absolute atomic E-state index is 0. The molecule has 0 aliphatic carbocycles. The van der Waals surface area contributed by atoms with Crippen molar-refractivity contribution in [2.75, 3.05) is 24.5 Å². The summed E-state index contributed by atoms with van der Waals surface area (Å²) in [5.74, 6) is 1.49. The van der Waals surface area contributed by atoms with Crippen LogP contribution in [-0.2, 0) is 0 Å². The number of aromatic nitrogens is 2. The van der Waals surface area contributed by atoms with Crippen LogP contribution in [0.2, 0.25) is 5.15 Å². The van der Waals surface area contributed by atoms with Gasteiger partial charge in [-0.3, -0.25) is 0 Å². The summed E-state index contributed by atoms with van der Waals surface area (Å²) in [6.07, 6.45) is 3.89. The van der Waals surface area contributed by atoms with Crippen LogP contribution >= 0.6 is 24.0 Å². The van der Waals surface area contributed by atoms with Gasteiger partial charge in [0.2, 0.25) is 0 Å². The summed E-state index contributed by atoms with van der Waals surface area (Å²) in [4.78, 5) is 10.3. The van der Waals surface area contributed by atoms with E-state index in [2.05, 4.69) is 14.9 Å². The molecular weight excluding hydrogens is 247 g/mol. The Balaban J connectivity index is 0.00000128. The lowest BCUT2D eigenvalue weighted by Crippen LogP contribution is -2.38. The van der Waals surface area contributed by atoms with Crippen molar-refractivity contribution < 1.29 is 0 Å². The highest BCUT2D eigenvalue weighted by Crippen LogP contribution is 2.21. The van der Waals surface area contributed by atoms with Crippen molar-refractivity contribution in [1.29, 1.82) is 0 Å². The molecule has 6 heteroatoms. The largest absolute Gasteiger partial charge is 0.356 e. The Bertz CT molecular complexity index is 334. The first-order valence-electron chi connectivity index (χ1n) is 5.22. The molecule has 0 spiro atoms. The molecule has 1 saturated heterocycles. The van der Waals surface area contributed by atoms with Crippen LogP contribution in [0.1, 0.15) is 12.8 Å². The molecule has 0 amide bonds. The Morgan fingerprint density at radius 3 is 3.00 bits per heavy atom. The molecule has 0 saturated carbocycles. The van der Waals surface area contributed by atoms with E-state index < -0.39 is 0 Å². The van der Waals surface area contributed by atoms with Gasteiger partial charge < -0.3 is 10.6 Å². The highest BCUT2D eigenvalue weighted by atomic mass is 35.5. The van der Waals surface area contributed by atoms with Crippen LogP contribution < -0.4 is 10.6 Å². The summed E-state index contributed by atoms with van der Waals surface area (Å²) in [5.41, 5.74) is 5.69. The number of nitrogens with zero attached hydrogens (tertiary/aromatic N) is 3. The van der Waals surface area contributed by atoms with Crippen molar-refractivity contribution in [3.05, 3.63) is 17.5 Å². The SMILES string of the molecule is Cl.NCC1CCCN(c2cc(Cl)ncn2)C1. The van der Waals surface area contributed by atoms with Crippen LogP contribution in [0.3, 0.4) is 0 Å². The zero-order valence-corrected chi connectivity index (χ0v) is 10.5. The third kappa shape index (κ3) is 3.20. The van der Waals surface area contributed by atoms with Gasteiger partial charge in [0.25, 0.3) is 0 Å². The molecule has 1 unspecified atom stereocenters. The third-order valence-corrected chi connectivity index (χ3v) is 3.00. The summed E-state index contributed by atoms with van der Waals surface area (Å²) in [5, 5.41) is 0.495. The van der Waals surface area contributed by atoms with Gasteiger partial charge >= 0.3 is 0 Å². The Labute approximate surface area is 107 Å². The van der Waals surface area contributed by atoms with Crippen LogP contribution in [0.25, 0.3) is 0 Å². The molecule has 2 rings (SSSR count). The summed E-state index contributed by atoms with van der Waals surface area (Å²) in [6.45, 7) is 2.75. The first kappa shape index (κ1) is 13.5. The van der Waals surface area contributed by atoms with Crippen molar-refractivity contribution in [2.45, 2.75) is 12.8 Å². The van der Waals surface area contributed by atoms with Crippen LogP contribution in [-0.4, -0.2) is 29.6 Å². The summed E-state index contributed by atoms with van der Waals surface area (Å²) < 4.78 is 0. The second-order valence-electron chi connectivity index (χ2n) is 3.89. The zero-order valence-electron chi connectivity index (χ0n) is 8.97. The molecule has 2 heterocycles. The molecule has 1 atom stereocenters. The number of nitrogens with two attached hydrogens (primary N) is 1. The average molecular weight is 263 g/mol. The van der Waals surface area contributed by atoms with E-state index >= 15 is 0 Å². The molecule has 0 aromatic carbocycles. The predicted octanol–water partition coefficient (Wildman–Crippen LogP) is 1.73. The lowest BCUT2D eigenvalue weighted by Gasteiger charge is -2.32. The lowest BCUT2D eigenvalue weighted by atomic mass is 9.98. The molecule has 1 aromatic rings. The van der Waals surface area contributed by atoms with Gasteiger partial charge in [-0.15, -0.1) is 12.4 Å². The van der Waals surface area contributed by atoms with E-state index in [9.17, 15) is 0 Å².